The topological polar surface area (TPSA) is 63.6 Å². The van der Waals surface area contributed by atoms with Gasteiger partial charge in [-0.15, -0.1) is 11.3 Å². The van der Waals surface area contributed by atoms with Crippen molar-refractivity contribution < 1.29 is 0 Å². The van der Waals surface area contributed by atoms with Gasteiger partial charge in [-0.25, -0.2) is 9.97 Å². The SMILES string of the molecule is Cc1sc2nc(-c3cccnc3)nc(NCCc3ccccn3)c2c1C. The standard InChI is InChI=1S/C20H19N5S/c1-13-14(2)26-20-17(13)19(23-11-8-16-7-3-4-10-22-16)24-18(25-20)15-6-5-9-21-12-15/h3-7,9-10,12H,8,11H2,1-2H3,(H,23,24,25). The largest absolute Gasteiger partial charge is 0.369 e. The molecular formula is C20H19N5S. The highest BCUT2D eigenvalue weighted by molar-refractivity contribution is 7.18. The molecule has 0 aromatic carbocycles. The average Bonchev–Trinajstić information content (AvgIpc) is 2.97. The smallest absolute Gasteiger partial charge is 0.164 e. The van der Waals surface area contributed by atoms with Gasteiger partial charge in [0.25, 0.3) is 0 Å². The second kappa shape index (κ2) is 7.17. The summed E-state index contributed by atoms with van der Waals surface area (Å²) in [6, 6.07) is 9.88. The molecule has 0 aliphatic rings. The van der Waals surface area contributed by atoms with E-state index < -0.39 is 0 Å². The van der Waals surface area contributed by atoms with Crippen LogP contribution in [0.4, 0.5) is 5.82 Å². The summed E-state index contributed by atoms with van der Waals surface area (Å²) in [5, 5.41) is 4.61. The molecular weight excluding hydrogens is 342 g/mol. The molecule has 4 rings (SSSR count). The molecule has 1 N–H and O–H groups in total. The Bertz CT molecular complexity index is 1030. The Morgan fingerprint density at radius 2 is 1.96 bits per heavy atom. The highest BCUT2D eigenvalue weighted by Crippen LogP contribution is 2.34. The van der Waals surface area contributed by atoms with E-state index in [2.05, 4.69) is 29.1 Å². The molecule has 0 fully saturated rings. The van der Waals surface area contributed by atoms with Crippen LogP contribution < -0.4 is 5.32 Å². The molecule has 26 heavy (non-hydrogen) atoms. The molecule has 4 heterocycles. The predicted octanol–water partition coefficient (Wildman–Crippen LogP) is 4.42. The summed E-state index contributed by atoms with van der Waals surface area (Å²) in [5.74, 6) is 1.58. The monoisotopic (exact) mass is 361 g/mol. The van der Waals surface area contributed by atoms with Crippen LogP contribution in [0.2, 0.25) is 0 Å². The number of anilines is 1. The number of rotatable bonds is 5. The first-order valence-corrected chi connectivity index (χ1v) is 9.36. The van der Waals surface area contributed by atoms with Gasteiger partial charge < -0.3 is 5.32 Å². The lowest BCUT2D eigenvalue weighted by molar-refractivity contribution is 0.955. The molecule has 0 radical (unpaired) electrons. The minimum atomic E-state index is 0.701. The van der Waals surface area contributed by atoms with Crippen molar-refractivity contribution in [3.05, 3.63) is 65.1 Å². The van der Waals surface area contributed by atoms with Crippen molar-refractivity contribution in [2.75, 3.05) is 11.9 Å². The average molecular weight is 361 g/mol. The van der Waals surface area contributed by atoms with E-state index in [1.165, 1.54) is 10.4 Å². The number of thiophene rings is 1. The summed E-state index contributed by atoms with van der Waals surface area (Å²) in [6.45, 7) is 5.03. The molecule has 0 unspecified atom stereocenters. The fraction of sp³-hybridized carbons (Fsp3) is 0.200. The van der Waals surface area contributed by atoms with E-state index in [4.69, 9.17) is 9.97 Å². The van der Waals surface area contributed by atoms with Crippen LogP contribution in [0, 0.1) is 13.8 Å². The van der Waals surface area contributed by atoms with Crippen molar-refractivity contribution >= 4 is 27.4 Å². The summed E-state index contributed by atoms with van der Waals surface area (Å²) in [4.78, 5) is 20.4. The molecule has 0 spiro atoms. The molecule has 0 saturated heterocycles. The Morgan fingerprint density at radius 3 is 2.73 bits per heavy atom. The van der Waals surface area contributed by atoms with Crippen LogP contribution in [0.25, 0.3) is 21.6 Å². The van der Waals surface area contributed by atoms with E-state index in [-0.39, 0.29) is 0 Å². The number of fused-ring (bicyclic) bond motifs is 1. The van der Waals surface area contributed by atoms with Crippen LogP contribution >= 0.6 is 11.3 Å². The van der Waals surface area contributed by atoms with Crippen molar-refractivity contribution in [1.29, 1.82) is 0 Å². The van der Waals surface area contributed by atoms with Crippen molar-refractivity contribution in [2.24, 2.45) is 0 Å². The van der Waals surface area contributed by atoms with Crippen LogP contribution in [0.3, 0.4) is 0 Å². The molecule has 0 saturated carbocycles. The summed E-state index contributed by atoms with van der Waals surface area (Å²) in [5.41, 5.74) is 3.23. The van der Waals surface area contributed by atoms with Crippen molar-refractivity contribution in [3.63, 3.8) is 0 Å². The highest BCUT2D eigenvalue weighted by Gasteiger charge is 2.15. The zero-order chi connectivity index (χ0) is 17.9. The summed E-state index contributed by atoms with van der Waals surface area (Å²) >= 11 is 1.71. The second-order valence-electron chi connectivity index (χ2n) is 6.10. The fourth-order valence-electron chi connectivity index (χ4n) is 2.86. The van der Waals surface area contributed by atoms with Gasteiger partial charge in [-0.2, -0.15) is 0 Å². The highest BCUT2D eigenvalue weighted by atomic mass is 32.1. The summed E-state index contributed by atoms with van der Waals surface area (Å²) in [6.07, 6.45) is 6.22. The first-order valence-electron chi connectivity index (χ1n) is 8.54. The number of hydrogen-bond donors (Lipinski definition) is 1. The van der Waals surface area contributed by atoms with E-state index in [0.29, 0.717) is 5.82 Å². The van der Waals surface area contributed by atoms with Crippen molar-refractivity contribution in [1.82, 2.24) is 19.9 Å². The van der Waals surface area contributed by atoms with Crippen LogP contribution in [0.15, 0.2) is 48.9 Å². The lowest BCUT2D eigenvalue weighted by Gasteiger charge is -2.10. The van der Waals surface area contributed by atoms with E-state index in [1.807, 2.05) is 36.5 Å². The molecule has 0 aliphatic carbocycles. The van der Waals surface area contributed by atoms with Crippen LogP contribution in [0.1, 0.15) is 16.1 Å². The number of nitrogens with one attached hydrogen (secondary N) is 1. The Balaban J connectivity index is 1.69. The van der Waals surface area contributed by atoms with Crippen LogP contribution in [0.5, 0.6) is 0 Å². The Morgan fingerprint density at radius 1 is 1.04 bits per heavy atom. The Labute approximate surface area is 156 Å². The number of hydrogen-bond acceptors (Lipinski definition) is 6. The maximum absolute atomic E-state index is 4.80. The molecule has 0 amide bonds. The third-order valence-electron chi connectivity index (χ3n) is 4.35. The number of nitrogens with zero attached hydrogens (tertiary/aromatic N) is 4. The van der Waals surface area contributed by atoms with Gasteiger partial charge in [0, 0.05) is 47.7 Å². The normalized spacial score (nSPS) is 11.0. The lowest BCUT2D eigenvalue weighted by atomic mass is 10.2. The molecule has 0 atom stereocenters. The van der Waals surface area contributed by atoms with E-state index in [1.54, 1.807) is 23.7 Å². The zero-order valence-electron chi connectivity index (χ0n) is 14.7. The lowest BCUT2D eigenvalue weighted by Crippen LogP contribution is -2.08. The van der Waals surface area contributed by atoms with E-state index in [9.17, 15) is 0 Å². The van der Waals surface area contributed by atoms with E-state index in [0.717, 1.165) is 40.3 Å². The summed E-state index contributed by atoms with van der Waals surface area (Å²) < 4.78 is 0. The van der Waals surface area contributed by atoms with Crippen LogP contribution in [-0.4, -0.2) is 26.5 Å². The number of pyridine rings is 2. The maximum atomic E-state index is 4.80. The third kappa shape index (κ3) is 3.28. The Hall–Kier alpha value is -2.86. The van der Waals surface area contributed by atoms with Gasteiger partial charge in [-0.3, -0.25) is 9.97 Å². The number of aromatic nitrogens is 4. The molecule has 0 aliphatic heterocycles. The predicted molar refractivity (Wildman–Crippen MR) is 107 cm³/mol. The van der Waals surface area contributed by atoms with Gasteiger partial charge >= 0.3 is 0 Å². The molecule has 6 heteroatoms. The fourth-order valence-corrected chi connectivity index (χ4v) is 3.89. The molecule has 4 aromatic heterocycles. The maximum Gasteiger partial charge on any atom is 0.164 e. The third-order valence-corrected chi connectivity index (χ3v) is 5.45. The zero-order valence-corrected chi connectivity index (χ0v) is 15.5. The van der Waals surface area contributed by atoms with Crippen molar-refractivity contribution in [3.8, 4) is 11.4 Å². The molecule has 130 valence electrons. The first kappa shape index (κ1) is 16.6. The number of aryl methyl sites for hydroxylation is 2. The van der Waals surface area contributed by atoms with Gasteiger partial charge in [0.2, 0.25) is 0 Å². The quantitative estimate of drug-likeness (QED) is 0.570. The minimum Gasteiger partial charge on any atom is -0.369 e. The van der Waals surface area contributed by atoms with Gasteiger partial charge in [0.15, 0.2) is 5.82 Å². The van der Waals surface area contributed by atoms with Gasteiger partial charge in [0.05, 0.1) is 5.39 Å². The molecule has 4 aromatic rings. The van der Waals surface area contributed by atoms with E-state index >= 15 is 0 Å². The van der Waals surface area contributed by atoms with Crippen molar-refractivity contribution in [2.45, 2.75) is 20.3 Å². The molecule has 5 nitrogen and oxygen atoms in total. The van der Waals surface area contributed by atoms with Crippen LogP contribution in [-0.2, 0) is 6.42 Å². The minimum absolute atomic E-state index is 0.701. The van der Waals surface area contributed by atoms with Gasteiger partial charge in [-0.1, -0.05) is 6.07 Å². The molecule has 0 bridgehead atoms. The Kier molecular flexibility index (Phi) is 4.58. The van der Waals surface area contributed by atoms with Gasteiger partial charge in [-0.05, 0) is 43.7 Å². The van der Waals surface area contributed by atoms with Gasteiger partial charge in [0.1, 0.15) is 10.6 Å². The summed E-state index contributed by atoms with van der Waals surface area (Å²) in [7, 11) is 0. The first-order chi connectivity index (χ1) is 12.7. The second-order valence-corrected chi connectivity index (χ2v) is 7.30.